The molecule has 0 saturated carbocycles. The first-order valence-corrected chi connectivity index (χ1v) is 7.59. The molecule has 25 heavy (non-hydrogen) atoms. The number of nitrogens with zero attached hydrogens (tertiary/aromatic N) is 6. The molecule has 0 N–H and O–H groups in total. The Morgan fingerprint density at radius 2 is 1.88 bits per heavy atom. The molecule has 2 heterocycles. The number of carbonyl (C=O) groups is 2. The summed E-state index contributed by atoms with van der Waals surface area (Å²) in [6.45, 7) is 2.41. The smallest absolute Gasteiger partial charge is 0.254 e. The summed E-state index contributed by atoms with van der Waals surface area (Å²) < 4.78 is 27.9. The second kappa shape index (κ2) is 6.54. The first-order valence-electron chi connectivity index (χ1n) is 7.59. The van der Waals surface area contributed by atoms with E-state index in [2.05, 4.69) is 15.5 Å². The maximum absolute atomic E-state index is 13.2. The molecule has 1 fully saturated rings. The molecule has 2 amide bonds. The summed E-state index contributed by atoms with van der Waals surface area (Å²) in [6, 6.07) is 2.48. The first-order chi connectivity index (χ1) is 11.8. The molecule has 0 unspecified atom stereocenters. The maximum atomic E-state index is 13.2. The van der Waals surface area contributed by atoms with Crippen molar-refractivity contribution in [3.63, 3.8) is 0 Å². The maximum Gasteiger partial charge on any atom is 0.254 e. The molecule has 0 bridgehead atoms. The highest BCUT2D eigenvalue weighted by atomic mass is 19.1. The van der Waals surface area contributed by atoms with Crippen LogP contribution in [0.25, 0.3) is 0 Å². The third-order valence-electron chi connectivity index (χ3n) is 4.19. The predicted molar refractivity (Wildman–Crippen MR) is 81.4 cm³/mol. The minimum atomic E-state index is -0.807. The Labute approximate surface area is 142 Å². The second-order valence-electron chi connectivity index (χ2n) is 5.91. The molecule has 8 nitrogen and oxygen atoms in total. The van der Waals surface area contributed by atoms with Crippen LogP contribution in [-0.2, 0) is 11.3 Å². The van der Waals surface area contributed by atoms with Crippen LogP contribution in [0.5, 0.6) is 0 Å². The number of likely N-dealkylation sites (N-methyl/N-ethyl adjacent to an activating group) is 1. The number of amides is 2. The number of aromatic nitrogens is 4. The SMILES string of the molecule is Cc1nnnn1CC(=O)N1CC(N(C)C(=O)c2cc(F)cc(F)c2)C1. The van der Waals surface area contributed by atoms with Gasteiger partial charge in [0.15, 0.2) is 0 Å². The Morgan fingerprint density at radius 1 is 1.24 bits per heavy atom. The van der Waals surface area contributed by atoms with Gasteiger partial charge in [0, 0.05) is 31.8 Å². The monoisotopic (exact) mass is 350 g/mol. The standard InChI is InChI=1S/C15H16F2N6O2/c1-9-18-19-20-23(9)8-14(24)22-6-13(7-22)21(2)15(25)10-3-11(16)5-12(17)4-10/h3-5,13H,6-8H2,1-2H3. The predicted octanol–water partition coefficient (Wildman–Crippen LogP) is 0.243. The van der Waals surface area contributed by atoms with Gasteiger partial charge in [0.2, 0.25) is 5.91 Å². The molecular weight excluding hydrogens is 334 g/mol. The molecule has 0 aliphatic carbocycles. The summed E-state index contributed by atoms with van der Waals surface area (Å²) in [5.74, 6) is -1.74. The van der Waals surface area contributed by atoms with Crippen molar-refractivity contribution in [1.29, 1.82) is 0 Å². The number of benzene rings is 1. The topological polar surface area (TPSA) is 84.2 Å². The summed E-state index contributed by atoms with van der Waals surface area (Å²) in [5, 5.41) is 10.9. The molecule has 0 atom stereocenters. The van der Waals surface area contributed by atoms with E-state index in [0.717, 1.165) is 12.1 Å². The van der Waals surface area contributed by atoms with Crippen LogP contribution in [0.1, 0.15) is 16.2 Å². The third kappa shape index (κ3) is 3.47. The van der Waals surface area contributed by atoms with Crippen LogP contribution in [0.4, 0.5) is 8.78 Å². The van der Waals surface area contributed by atoms with E-state index in [0.29, 0.717) is 25.0 Å². The van der Waals surface area contributed by atoms with E-state index < -0.39 is 17.5 Å². The Bertz CT molecular complexity index is 798. The van der Waals surface area contributed by atoms with Crippen LogP contribution in [0.2, 0.25) is 0 Å². The van der Waals surface area contributed by atoms with Crippen LogP contribution in [0.3, 0.4) is 0 Å². The van der Waals surface area contributed by atoms with Gasteiger partial charge in [0.1, 0.15) is 24.0 Å². The van der Waals surface area contributed by atoms with Gasteiger partial charge in [-0.3, -0.25) is 9.59 Å². The molecule has 3 rings (SSSR count). The van der Waals surface area contributed by atoms with Gasteiger partial charge in [-0.15, -0.1) is 5.10 Å². The Hall–Kier alpha value is -2.91. The number of tetrazole rings is 1. The number of halogens is 2. The van der Waals surface area contributed by atoms with Gasteiger partial charge in [-0.2, -0.15) is 0 Å². The molecule has 10 heteroatoms. The fourth-order valence-electron chi connectivity index (χ4n) is 2.57. The molecule has 1 aromatic carbocycles. The van der Waals surface area contributed by atoms with E-state index in [1.165, 1.54) is 9.58 Å². The van der Waals surface area contributed by atoms with Crippen molar-refractivity contribution in [1.82, 2.24) is 30.0 Å². The zero-order chi connectivity index (χ0) is 18.1. The number of hydrogen-bond donors (Lipinski definition) is 0. The van der Waals surface area contributed by atoms with Gasteiger partial charge in [0.25, 0.3) is 5.91 Å². The van der Waals surface area contributed by atoms with Gasteiger partial charge >= 0.3 is 0 Å². The Balaban J connectivity index is 1.57. The highest BCUT2D eigenvalue weighted by Crippen LogP contribution is 2.18. The summed E-state index contributed by atoms with van der Waals surface area (Å²) in [5.41, 5.74) is -0.0610. The molecular formula is C15H16F2N6O2. The highest BCUT2D eigenvalue weighted by Gasteiger charge is 2.35. The Morgan fingerprint density at radius 3 is 2.44 bits per heavy atom. The van der Waals surface area contributed by atoms with E-state index in [9.17, 15) is 18.4 Å². The molecule has 2 aromatic rings. The minimum absolute atomic E-state index is 0.0261. The lowest BCUT2D eigenvalue weighted by Gasteiger charge is -2.43. The van der Waals surface area contributed by atoms with Crippen molar-refractivity contribution in [2.24, 2.45) is 0 Å². The van der Waals surface area contributed by atoms with Gasteiger partial charge in [0.05, 0.1) is 6.04 Å². The number of rotatable bonds is 4. The fourth-order valence-corrected chi connectivity index (χ4v) is 2.57. The van der Waals surface area contributed by atoms with Crippen molar-refractivity contribution in [2.45, 2.75) is 19.5 Å². The van der Waals surface area contributed by atoms with E-state index in [1.54, 1.807) is 18.9 Å². The number of likely N-dealkylation sites (tertiary alicyclic amines) is 1. The van der Waals surface area contributed by atoms with Gasteiger partial charge in [-0.1, -0.05) is 0 Å². The number of aryl methyl sites for hydroxylation is 1. The fraction of sp³-hybridized carbons (Fsp3) is 0.400. The average Bonchev–Trinajstić information content (AvgIpc) is 2.89. The van der Waals surface area contributed by atoms with Gasteiger partial charge in [-0.25, -0.2) is 13.5 Å². The molecule has 0 spiro atoms. The number of hydrogen-bond acceptors (Lipinski definition) is 5. The van der Waals surface area contributed by atoms with Crippen LogP contribution in [-0.4, -0.2) is 68.0 Å². The van der Waals surface area contributed by atoms with E-state index >= 15 is 0 Å². The molecule has 132 valence electrons. The number of carbonyl (C=O) groups excluding carboxylic acids is 2. The summed E-state index contributed by atoms with van der Waals surface area (Å²) in [6.07, 6.45) is 0. The second-order valence-corrected chi connectivity index (χ2v) is 5.91. The van der Waals surface area contributed by atoms with Crippen molar-refractivity contribution in [2.75, 3.05) is 20.1 Å². The van der Waals surface area contributed by atoms with Crippen molar-refractivity contribution in [3.05, 3.63) is 41.2 Å². The minimum Gasteiger partial charge on any atom is -0.337 e. The van der Waals surface area contributed by atoms with E-state index in [4.69, 9.17) is 0 Å². The van der Waals surface area contributed by atoms with Gasteiger partial charge in [-0.05, 0) is 29.5 Å². The average molecular weight is 350 g/mol. The lowest BCUT2D eigenvalue weighted by molar-refractivity contribution is -0.138. The van der Waals surface area contributed by atoms with E-state index in [-0.39, 0.29) is 24.1 Å². The summed E-state index contributed by atoms with van der Waals surface area (Å²) >= 11 is 0. The van der Waals surface area contributed by atoms with Gasteiger partial charge < -0.3 is 9.80 Å². The highest BCUT2D eigenvalue weighted by molar-refractivity contribution is 5.94. The van der Waals surface area contributed by atoms with Crippen LogP contribution < -0.4 is 0 Å². The lowest BCUT2D eigenvalue weighted by atomic mass is 10.1. The zero-order valence-electron chi connectivity index (χ0n) is 13.7. The Kier molecular flexibility index (Phi) is 4.43. The largest absolute Gasteiger partial charge is 0.337 e. The summed E-state index contributed by atoms with van der Waals surface area (Å²) in [7, 11) is 1.54. The molecule has 1 saturated heterocycles. The molecule has 1 aliphatic rings. The molecule has 0 radical (unpaired) electrons. The summed E-state index contributed by atoms with van der Waals surface area (Å²) in [4.78, 5) is 27.4. The molecule has 1 aliphatic heterocycles. The quantitative estimate of drug-likeness (QED) is 0.789. The van der Waals surface area contributed by atoms with E-state index in [1.807, 2.05) is 0 Å². The van der Waals surface area contributed by atoms with Crippen molar-refractivity contribution in [3.8, 4) is 0 Å². The zero-order valence-corrected chi connectivity index (χ0v) is 13.7. The first kappa shape index (κ1) is 16.9. The van der Waals surface area contributed by atoms with Crippen molar-refractivity contribution < 1.29 is 18.4 Å². The lowest BCUT2D eigenvalue weighted by Crippen LogP contribution is -2.61. The normalized spacial score (nSPS) is 14.3. The third-order valence-corrected chi connectivity index (χ3v) is 4.19. The van der Waals surface area contributed by atoms with Crippen LogP contribution in [0.15, 0.2) is 18.2 Å². The molecule has 1 aromatic heterocycles. The van der Waals surface area contributed by atoms with Crippen molar-refractivity contribution >= 4 is 11.8 Å². The van der Waals surface area contributed by atoms with Crippen LogP contribution in [0, 0.1) is 18.6 Å². The van der Waals surface area contributed by atoms with Crippen LogP contribution >= 0.6 is 0 Å².